The van der Waals surface area contributed by atoms with E-state index < -0.39 is 11.9 Å². The fourth-order valence-electron chi connectivity index (χ4n) is 1.78. The topological polar surface area (TPSA) is 57.6 Å². The van der Waals surface area contributed by atoms with Crippen molar-refractivity contribution in [3.8, 4) is 0 Å². The van der Waals surface area contributed by atoms with E-state index in [1.54, 1.807) is 18.2 Å². The van der Waals surface area contributed by atoms with Crippen molar-refractivity contribution < 1.29 is 14.7 Å². The number of carboxylic acid groups (broad SMARTS) is 1. The Balaban J connectivity index is 2.26. The average Bonchev–Trinajstić information content (AvgIpc) is 2.65. The van der Waals surface area contributed by atoms with Crippen LogP contribution in [0.15, 0.2) is 22.7 Å². The van der Waals surface area contributed by atoms with E-state index in [2.05, 4.69) is 15.9 Å². The number of hydrogen-bond donors (Lipinski definition) is 1. The van der Waals surface area contributed by atoms with Gasteiger partial charge in [-0.3, -0.25) is 9.59 Å². The van der Waals surface area contributed by atoms with E-state index in [0.29, 0.717) is 10.7 Å². The van der Waals surface area contributed by atoms with E-state index in [9.17, 15) is 9.59 Å². The van der Waals surface area contributed by atoms with Crippen molar-refractivity contribution in [2.24, 2.45) is 5.92 Å². The number of halogens is 2. The number of anilines is 1. The molecule has 17 heavy (non-hydrogen) atoms. The molecule has 1 aliphatic heterocycles. The van der Waals surface area contributed by atoms with Crippen molar-refractivity contribution in [3.63, 3.8) is 0 Å². The van der Waals surface area contributed by atoms with Gasteiger partial charge in [0, 0.05) is 23.1 Å². The third-order valence-corrected chi connectivity index (χ3v) is 3.92. The summed E-state index contributed by atoms with van der Waals surface area (Å²) in [7, 11) is 0. The minimum absolute atomic E-state index is 0.0447. The first-order valence-electron chi connectivity index (χ1n) is 4.97. The van der Waals surface area contributed by atoms with Crippen molar-refractivity contribution in [2.75, 3.05) is 11.4 Å². The molecular weight excluding hydrogens is 309 g/mol. The first kappa shape index (κ1) is 12.4. The molecule has 90 valence electrons. The predicted molar refractivity (Wildman–Crippen MR) is 67.2 cm³/mol. The van der Waals surface area contributed by atoms with Gasteiger partial charge in [0.05, 0.1) is 10.9 Å². The van der Waals surface area contributed by atoms with Gasteiger partial charge in [-0.25, -0.2) is 0 Å². The number of nitrogens with zero attached hydrogens (tertiary/aromatic N) is 1. The molecule has 1 heterocycles. The van der Waals surface area contributed by atoms with Gasteiger partial charge in [0.25, 0.3) is 0 Å². The zero-order valence-electron chi connectivity index (χ0n) is 8.69. The predicted octanol–water partition coefficient (Wildman–Crippen LogP) is 2.54. The van der Waals surface area contributed by atoms with E-state index >= 15 is 0 Å². The molecule has 1 amide bonds. The van der Waals surface area contributed by atoms with E-state index in [4.69, 9.17) is 16.7 Å². The molecule has 1 aromatic rings. The van der Waals surface area contributed by atoms with Crippen LogP contribution in [-0.4, -0.2) is 23.5 Å². The number of carboxylic acids is 1. The van der Waals surface area contributed by atoms with Gasteiger partial charge in [-0.05, 0) is 34.1 Å². The highest BCUT2D eigenvalue weighted by molar-refractivity contribution is 9.10. The van der Waals surface area contributed by atoms with Crippen LogP contribution in [-0.2, 0) is 9.59 Å². The van der Waals surface area contributed by atoms with Crippen LogP contribution in [0.5, 0.6) is 0 Å². The largest absolute Gasteiger partial charge is 0.481 e. The van der Waals surface area contributed by atoms with Gasteiger partial charge >= 0.3 is 5.97 Å². The Labute approximate surface area is 111 Å². The molecule has 0 radical (unpaired) electrons. The van der Waals surface area contributed by atoms with Crippen LogP contribution >= 0.6 is 27.5 Å². The first-order valence-corrected chi connectivity index (χ1v) is 6.14. The minimum atomic E-state index is -0.941. The lowest BCUT2D eigenvalue weighted by atomic mass is 10.1. The van der Waals surface area contributed by atoms with E-state index in [1.807, 2.05) is 0 Å². The highest BCUT2D eigenvalue weighted by atomic mass is 79.9. The van der Waals surface area contributed by atoms with Crippen molar-refractivity contribution in [2.45, 2.75) is 6.42 Å². The third-order valence-electron chi connectivity index (χ3n) is 2.69. The summed E-state index contributed by atoms with van der Waals surface area (Å²) < 4.78 is 0.740. The van der Waals surface area contributed by atoms with Crippen molar-refractivity contribution in [1.82, 2.24) is 0 Å². The van der Waals surface area contributed by atoms with Crippen molar-refractivity contribution in [1.29, 1.82) is 0 Å². The highest BCUT2D eigenvalue weighted by Crippen LogP contribution is 2.31. The fraction of sp³-hybridized carbons (Fsp3) is 0.273. The maximum absolute atomic E-state index is 11.7. The monoisotopic (exact) mass is 317 g/mol. The molecule has 0 spiro atoms. The van der Waals surface area contributed by atoms with Gasteiger partial charge in [-0.2, -0.15) is 0 Å². The van der Waals surface area contributed by atoms with Crippen LogP contribution in [0.3, 0.4) is 0 Å². The third kappa shape index (κ3) is 2.45. The van der Waals surface area contributed by atoms with Gasteiger partial charge in [0.2, 0.25) is 5.91 Å². The van der Waals surface area contributed by atoms with Gasteiger partial charge in [-0.1, -0.05) is 11.6 Å². The van der Waals surface area contributed by atoms with Crippen LogP contribution in [0.4, 0.5) is 5.69 Å². The second-order valence-electron chi connectivity index (χ2n) is 3.84. The summed E-state index contributed by atoms with van der Waals surface area (Å²) in [6.45, 7) is 0.201. The standard InChI is InChI=1S/C11H9BrClNO3/c12-8-2-1-7(4-9(8)13)14-5-6(11(16)17)3-10(14)15/h1-2,4,6H,3,5H2,(H,16,17). The molecule has 1 unspecified atom stereocenters. The summed E-state index contributed by atoms with van der Waals surface area (Å²) in [6.07, 6.45) is 0.0447. The van der Waals surface area contributed by atoms with E-state index in [-0.39, 0.29) is 18.9 Å². The second kappa shape index (κ2) is 4.66. The van der Waals surface area contributed by atoms with Gasteiger partial charge < -0.3 is 10.0 Å². The first-order chi connectivity index (χ1) is 7.99. The molecule has 1 fully saturated rings. The summed E-state index contributed by atoms with van der Waals surface area (Å²) >= 11 is 9.20. The van der Waals surface area contributed by atoms with Crippen LogP contribution in [0, 0.1) is 5.92 Å². The number of aliphatic carboxylic acids is 1. The van der Waals surface area contributed by atoms with Crippen LogP contribution < -0.4 is 4.90 Å². The fourth-order valence-corrected chi connectivity index (χ4v) is 2.20. The quantitative estimate of drug-likeness (QED) is 0.911. The smallest absolute Gasteiger partial charge is 0.308 e. The average molecular weight is 319 g/mol. The van der Waals surface area contributed by atoms with Crippen molar-refractivity contribution in [3.05, 3.63) is 27.7 Å². The van der Waals surface area contributed by atoms with Crippen LogP contribution in [0.2, 0.25) is 5.02 Å². The maximum atomic E-state index is 11.7. The Morgan fingerprint density at radius 1 is 1.53 bits per heavy atom. The number of hydrogen-bond acceptors (Lipinski definition) is 2. The Morgan fingerprint density at radius 3 is 2.76 bits per heavy atom. The van der Waals surface area contributed by atoms with Gasteiger partial charge in [0.15, 0.2) is 0 Å². The van der Waals surface area contributed by atoms with Gasteiger partial charge in [-0.15, -0.1) is 0 Å². The summed E-state index contributed by atoms with van der Waals surface area (Å²) in [5.74, 6) is -1.76. The Kier molecular flexibility index (Phi) is 3.40. The lowest BCUT2D eigenvalue weighted by Crippen LogP contribution is -2.25. The number of carbonyl (C=O) groups is 2. The molecule has 0 saturated carbocycles. The molecule has 1 aliphatic rings. The lowest BCUT2D eigenvalue weighted by molar-refractivity contribution is -0.141. The number of amides is 1. The Morgan fingerprint density at radius 2 is 2.24 bits per heavy atom. The van der Waals surface area contributed by atoms with Crippen LogP contribution in [0.1, 0.15) is 6.42 Å². The number of carbonyl (C=O) groups excluding carboxylic acids is 1. The maximum Gasteiger partial charge on any atom is 0.308 e. The zero-order chi connectivity index (χ0) is 12.6. The Hall–Kier alpha value is -1.07. The summed E-state index contributed by atoms with van der Waals surface area (Å²) in [5, 5.41) is 9.38. The minimum Gasteiger partial charge on any atom is -0.481 e. The summed E-state index contributed by atoms with van der Waals surface area (Å²) in [5.41, 5.74) is 0.631. The SMILES string of the molecule is O=C(O)C1CC(=O)N(c2ccc(Br)c(Cl)c2)C1. The molecule has 2 rings (SSSR count). The van der Waals surface area contributed by atoms with E-state index in [0.717, 1.165) is 4.47 Å². The lowest BCUT2D eigenvalue weighted by Gasteiger charge is -2.16. The van der Waals surface area contributed by atoms with E-state index in [1.165, 1.54) is 4.90 Å². The summed E-state index contributed by atoms with van der Waals surface area (Å²) in [4.78, 5) is 24.0. The number of rotatable bonds is 2. The van der Waals surface area contributed by atoms with Gasteiger partial charge in [0.1, 0.15) is 0 Å². The molecule has 4 nitrogen and oxygen atoms in total. The zero-order valence-corrected chi connectivity index (χ0v) is 11.0. The highest BCUT2D eigenvalue weighted by Gasteiger charge is 2.35. The molecule has 1 saturated heterocycles. The normalized spacial score (nSPS) is 19.8. The molecule has 0 bridgehead atoms. The second-order valence-corrected chi connectivity index (χ2v) is 5.10. The Bertz CT molecular complexity index is 492. The van der Waals surface area contributed by atoms with Crippen molar-refractivity contribution >= 4 is 45.1 Å². The molecular formula is C11H9BrClNO3. The van der Waals surface area contributed by atoms with Crippen LogP contribution in [0.25, 0.3) is 0 Å². The molecule has 1 aromatic carbocycles. The molecule has 6 heteroatoms. The molecule has 1 atom stereocenters. The number of benzene rings is 1. The summed E-state index contributed by atoms with van der Waals surface area (Å²) in [6, 6.07) is 5.12. The molecule has 0 aliphatic carbocycles. The molecule has 0 aromatic heterocycles. The molecule has 1 N–H and O–H groups in total.